The number of nitrogens with zero attached hydrogens (tertiary/aromatic N) is 2. The van der Waals surface area contributed by atoms with Crippen LogP contribution in [0.25, 0.3) is 11.3 Å². The molecule has 0 aliphatic carbocycles. The standard InChI is InChI=1S/C25H31N5O2S/c1-17(2)33(31,32)23-8-5-18(6-9-23)25-16-28-15-22(29-25)7-10-24(30-26)20-3-4-21-14-27-12-11-19(21)13-20/h3-6,8-9,13,15-17,24,27,30H,7,10-12,14,26H2,1-2H3. The second-order valence-electron chi connectivity index (χ2n) is 8.73. The largest absolute Gasteiger partial charge is 0.312 e. The van der Waals surface area contributed by atoms with E-state index in [1.54, 1.807) is 50.5 Å². The molecule has 2 heterocycles. The maximum atomic E-state index is 12.4. The molecule has 3 aromatic rings. The molecule has 1 aliphatic rings. The lowest BCUT2D eigenvalue weighted by molar-refractivity contribution is 0.512. The van der Waals surface area contributed by atoms with Gasteiger partial charge in [0.25, 0.3) is 0 Å². The number of nitrogens with one attached hydrogen (secondary N) is 2. The Morgan fingerprint density at radius 2 is 1.88 bits per heavy atom. The van der Waals surface area contributed by atoms with E-state index in [4.69, 9.17) is 10.8 Å². The summed E-state index contributed by atoms with van der Waals surface area (Å²) in [5, 5.41) is 2.94. The minimum atomic E-state index is -3.30. The van der Waals surface area contributed by atoms with Crippen LogP contribution in [0.2, 0.25) is 0 Å². The fourth-order valence-electron chi connectivity index (χ4n) is 4.11. The number of aromatic nitrogens is 2. The smallest absolute Gasteiger partial charge is 0.180 e. The Kier molecular flexibility index (Phi) is 7.19. The van der Waals surface area contributed by atoms with Gasteiger partial charge in [-0.05, 0) is 68.5 Å². The number of fused-ring (bicyclic) bond motifs is 1. The molecule has 4 N–H and O–H groups in total. The van der Waals surface area contributed by atoms with Crippen molar-refractivity contribution in [2.45, 2.75) is 55.8 Å². The van der Waals surface area contributed by atoms with Crippen molar-refractivity contribution in [2.24, 2.45) is 5.84 Å². The van der Waals surface area contributed by atoms with Crippen molar-refractivity contribution in [2.75, 3.05) is 6.54 Å². The molecular formula is C25H31N5O2S. The number of aryl methyl sites for hydroxylation is 1. The molecule has 0 amide bonds. The van der Waals surface area contributed by atoms with Crippen molar-refractivity contribution >= 4 is 9.84 Å². The van der Waals surface area contributed by atoms with Gasteiger partial charge in [0, 0.05) is 24.3 Å². The Morgan fingerprint density at radius 1 is 1.09 bits per heavy atom. The molecule has 0 fully saturated rings. The minimum Gasteiger partial charge on any atom is -0.312 e. The number of rotatable bonds is 8. The molecule has 4 rings (SSSR count). The SMILES string of the molecule is CC(C)S(=O)(=O)c1ccc(-c2cncc(CCC(NN)c3ccc4c(c3)CCNC4)n2)cc1. The highest BCUT2D eigenvalue weighted by molar-refractivity contribution is 7.92. The zero-order valence-corrected chi connectivity index (χ0v) is 19.9. The summed E-state index contributed by atoms with van der Waals surface area (Å²) in [4.78, 5) is 9.43. The normalized spacial score (nSPS) is 14.8. The predicted octanol–water partition coefficient (Wildman–Crippen LogP) is 3.11. The van der Waals surface area contributed by atoms with Crippen LogP contribution in [-0.4, -0.2) is 30.2 Å². The van der Waals surface area contributed by atoms with E-state index in [1.165, 1.54) is 16.7 Å². The molecular weight excluding hydrogens is 434 g/mol. The Bertz CT molecular complexity index is 1210. The third kappa shape index (κ3) is 5.30. The van der Waals surface area contributed by atoms with Crippen LogP contribution in [0.4, 0.5) is 0 Å². The zero-order chi connectivity index (χ0) is 23.4. The van der Waals surface area contributed by atoms with Gasteiger partial charge in [-0.2, -0.15) is 0 Å². The lowest BCUT2D eigenvalue weighted by atomic mass is 9.94. The molecule has 174 valence electrons. The van der Waals surface area contributed by atoms with Gasteiger partial charge in [-0.15, -0.1) is 0 Å². The first kappa shape index (κ1) is 23.5. The van der Waals surface area contributed by atoms with Crippen LogP contribution in [0.15, 0.2) is 59.8 Å². The average Bonchev–Trinajstić information content (AvgIpc) is 2.84. The number of nitrogens with two attached hydrogens (primary N) is 1. The van der Waals surface area contributed by atoms with Gasteiger partial charge in [-0.1, -0.05) is 30.3 Å². The fraction of sp³-hybridized carbons (Fsp3) is 0.360. The summed E-state index contributed by atoms with van der Waals surface area (Å²) in [6, 6.07) is 13.5. The van der Waals surface area contributed by atoms with E-state index in [-0.39, 0.29) is 6.04 Å². The Balaban J connectivity index is 1.47. The summed E-state index contributed by atoms with van der Waals surface area (Å²) in [6.45, 7) is 5.29. The van der Waals surface area contributed by atoms with Crippen molar-refractivity contribution in [3.63, 3.8) is 0 Å². The van der Waals surface area contributed by atoms with Crippen LogP contribution >= 0.6 is 0 Å². The predicted molar refractivity (Wildman–Crippen MR) is 130 cm³/mol. The monoisotopic (exact) mass is 465 g/mol. The molecule has 1 aliphatic heterocycles. The van der Waals surface area contributed by atoms with Crippen molar-refractivity contribution in [3.8, 4) is 11.3 Å². The second kappa shape index (κ2) is 10.1. The van der Waals surface area contributed by atoms with E-state index in [0.29, 0.717) is 11.3 Å². The fourth-order valence-corrected chi connectivity index (χ4v) is 5.17. The Hall–Kier alpha value is -2.65. The third-order valence-electron chi connectivity index (χ3n) is 6.19. The average molecular weight is 466 g/mol. The molecule has 1 unspecified atom stereocenters. The summed E-state index contributed by atoms with van der Waals surface area (Å²) in [6.07, 6.45) is 6.01. The van der Waals surface area contributed by atoms with Gasteiger partial charge >= 0.3 is 0 Å². The summed E-state index contributed by atoms with van der Waals surface area (Å²) in [5.41, 5.74) is 9.30. The van der Waals surface area contributed by atoms with Gasteiger partial charge in [0.05, 0.1) is 27.7 Å². The maximum absolute atomic E-state index is 12.4. The molecule has 7 nitrogen and oxygen atoms in total. The molecule has 0 bridgehead atoms. The summed E-state index contributed by atoms with van der Waals surface area (Å²) < 4.78 is 24.7. The summed E-state index contributed by atoms with van der Waals surface area (Å²) >= 11 is 0. The molecule has 1 aromatic heterocycles. The number of hydrazine groups is 1. The summed E-state index contributed by atoms with van der Waals surface area (Å²) in [7, 11) is -3.30. The maximum Gasteiger partial charge on any atom is 0.180 e. The Labute approximate surface area is 195 Å². The summed E-state index contributed by atoms with van der Waals surface area (Å²) in [5.74, 6) is 5.89. The van der Waals surface area contributed by atoms with Gasteiger partial charge in [0.2, 0.25) is 0 Å². The quantitative estimate of drug-likeness (QED) is 0.346. The lowest BCUT2D eigenvalue weighted by Gasteiger charge is -2.21. The van der Waals surface area contributed by atoms with E-state index >= 15 is 0 Å². The first-order valence-electron chi connectivity index (χ1n) is 11.3. The molecule has 0 spiro atoms. The third-order valence-corrected chi connectivity index (χ3v) is 8.36. The minimum absolute atomic E-state index is 0.0242. The van der Waals surface area contributed by atoms with E-state index in [0.717, 1.165) is 42.9 Å². The van der Waals surface area contributed by atoms with Crippen LogP contribution in [0, 0.1) is 0 Å². The van der Waals surface area contributed by atoms with E-state index in [1.807, 2.05) is 0 Å². The number of hydrogen-bond acceptors (Lipinski definition) is 7. The first-order valence-corrected chi connectivity index (χ1v) is 12.9. The second-order valence-corrected chi connectivity index (χ2v) is 11.2. The van der Waals surface area contributed by atoms with Gasteiger partial charge in [0.15, 0.2) is 9.84 Å². The van der Waals surface area contributed by atoms with E-state index < -0.39 is 15.1 Å². The Morgan fingerprint density at radius 3 is 2.61 bits per heavy atom. The molecule has 2 aromatic carbocycles. The van der Waals surface area contributed by atoms with Crippen molar-refractivity contribution in [1.82, 2.24) is 20.7 Å². The van der Waals surface area contributed by atoms with Crippen molar-refractivity contribution in [3.05, 3.63) is 77.2 Å². The van der Waals surface area contributed by atoms with Crippen LogP contribution < -0.4 is 16.6 Å². The van der Waals surface area contributed by atoms with Crippen molar-refractivity contribution in [1.29, 1.82) is 0 Å². The molecule has 33 heavy (non-hydrogen) atoms. The van der Waals surface area contributed by atoms with Gasteiger partial charge in [0.1, 0.15) is 0 Å². The molecule has 0 saturated heterocycles. The van der Waals surface area contributed by atoms with Crippen LogP contribution in [0.3, 0.4) is 0 Å². The highest BCUT2D eigenvalue weighted by Gasteiger charge is 2.19. The number of hydrogen-bond donors (Lipinski definition) is 3. The van der Waals surface area contributed by atoms with Crippen LogP contribution in [0.5, 0.6) is 0 Å². The van der Waals surface area contributed by atoms with Gasteiger partial charge < -0.3 is 5.32 Å². The number of sulfone groups is 1. The molecule has 0 saturated carbocycles. The highest BCUT2D eigenvalue weighted by atomic mass is 32.2. The van der Waals surface area contributed by atoms with Crippen molar-refractivity contribution < 1.29 is 8.42 Å². The van der Waals surface area contributed by atoms with E-state index in [2.05, 4.69) is 33.9 Å². The molecule has 1 atom stereocenters. The molecule has 0 radical (unpaired) electrons. The highest BCUT2D eigenvalue weighted by Crippen LogP contribution is 2.25. The van der Waals surface area contributed by atoms with E-state index in [9.17, 15) is 8.42 Å². The molecule has 8 heteroatoms. The van der Waals surface area contributed by atoms with Gasteiger partial charge in [-0.25, -0.2) is 13.4 Å². The lowest BCUT2D eigenvalue weighted by Crippen LogP contribution is -2.29. The number of benzene rings is 2. The van der Waals surface area contributed by atoms with Gasteiger partial charge in [-0.3, -0.25) is 16.3 Å². The topological polar surface area (TPSA) is 110 Å². The van der Waals surface area contributed by atoms with Crippen LogP contribution in [0.1, 0.15) is 48.7 Å². The zero-order valence-electron chi connectivity index (χ0n) is 19.1. The van der Waals surface area contributed by atoms with Crippen LogP contribution in [-0.2, 0) is 29.2 Å². The first-order chi connectivity index (χ1) is 15.9.